The van der Waals surface area contributed by atoms with Gasteiger partial charge < -0.3 is 25.2 Å². The zero-order valence-electron chi connectivity index (χ0n) is 17.3. The van der Waals surface area contributed by atoms with E-state index in [4.69, 9.17) is 9.47 Å². The number of epoxide rings is 1. The van der Waals surface area contributed by atoms with Crippen LogP contribution >= 0.6 is 0 Å². The second-order valence-electron chi connectivity index (χ2n) is 8.67. The summed E-state index contributed by atoms with van der Waals surface area (Å²) in [5.74, 6) is -0.193. The Labute approximate surface area is 166 Å². The number of hydrogen-bond acceptors (Lipinski definition) is 5. The van der Waals surface area contributed by atoms with E-state index in [1.807, 2.05) is 44.2 Å². The summed E-state index contributed by atoms with van der Waals surface area (Å²) in [5, 5.41) is 16.4. The molecule has 3 N–H and O–H groups in total. The van der Waals surface area contributed by atoms with Crippen LogP contribution in [0.4, 0.5) is 4.79 Å². The summed E-state index contributed by atoms with van der Waals surface area (Å²) < 4.78 is 10.7. The van der Waals surface area contributed by atoms with Crippen LogP contribution in [0.2, 0.25) is 0 Å². The third-order valence-electron chi connectivity index (χ3n) is 4.42. The van der Waals surface area contributed by atoms with Crippen molar-refractivity contribution in [2.24, 2.45) is 5.92 Å². The van der Waals surface area contributed by atoms with Gasteiger partial charge in [-0.3, -0.25) is 4.79 Å². The molecule has 0 bridgehead atoms. The molecular formula is C21H32N2O5. The smallest absolute Gasteiger partial charge is 0.407 e. The van der Waals surface area contributed by atoms with E-state index in [-0.39, 0.29) is 18.4 Å². The summed E-state index contributed by atoms with van der Waals surface area (Å²) in [7, 11) is 0. The highest BCUT2D eigenvalue weighted by molar-refractivity contribution is 5.88. The summed E-state index contributed by atoms with van der Waals surface area (Å²) in [5.41, 5.74) is -1.05. The van der Waals surface area contributed by atoms with E-state index < -0.39 is 29.4 Å². The molecule has 156 valence electrons. The predicted octanol–water partition coefficient (Wildman–Crippen LogP) is 2.37. The lowest BCUT2D eigenvalue weighted by molar-refractivity contribution is -0.131. The number of nitrogens with one attached hydrogen (secondary N) is 2. The van der Waals surface area contributed by atoms with Gasteiger partial charge in [-0.25, -0.2) is 4.79 Å². The van der Waals surface area contributed by atoms with Gasteiger partial charge in [-0.05, 0) is 38.7 Å². The predicted molar refractivity (Wildman–Crippen MR) is 106 cm³/mol. The van der Waals surface area contributed by atoms with Gasteiger partial charge in [0.1, 0.15) is 11.7 Å². The molecule has 1 aromatic carbocycles. The fourth-order valence-corrected chi connectivity index (χ4v) is 3.00. The van der Waals surface area contributed by atoms with Gasteiger partial charge in [0.15, 0.2) is 5.60 Å². The van der Waals surface area contributed by atoms with Crippen LogP contribution in [0.5, 0.6) is 0 Å². The molecule has 0 aliphatic carbocycles. The van der Waals surface area contributed by atoms with E-state index in [1.165, 1.54) is 0 Å². The highest BCUT2D eigenvalue weighted by Gasteiger charge is 2.60. The number of aliphatic hydroxyl groups is 1. The molecule has 1 heterocycles. The second kappa shape index (κ2) is 8.92. The molecule has 0 radical (unpaired) electrons. The minimum absolute atomic E-state index is 0.110. The van der Waals surface area contributed by atoms with Crippen molar-refractivity contribution in [3.63, 3.8) is 0 Å². The summed E-state index contributed by atoms with van der Waals surface area (Å²) in [6, 6.07) is 8.83. The van der Waals surface area contributed by atoms with Crippen LogP contribution in [0.15, 0.2) is 30.3 Å². The van der Waals surface area contributed by atoms with Crippen LogP contribution in [0.1, 0.15) is 46.6 Å². The number of carbonyl (C=O) groups is 2. The molecule has 1 aromatic rings. The van der Waals surface area contributed by atoms with Gasteiger partial charge in [-0.1, -0.05) is 44.2 Å². The molecule has 7 nitrogen and oxygen atoms in total. The van der Waals surface area contributed by atoms with Crippen molar-refractivity contribution >= 4 is 12.0 Å². The van der Waals surface area contributed by atoms with E-state index in [1.54, 1.807) is 20.8 Å². The molecule has 0 aromatic heterocycles. The standard InChI is InChI=1S/C21H32N2O5/c1-14(2)11-16(23-19(26)28-20(3,4)5)17(24)21(13-27-21)18(25)22-12-15-9-7-6-8-10-15/h6-10,14,16-17,24H,11-13H2,1-5H3,(H,22,25)(H,23,26)/t16-,17+,21-/m0/s1. The fourth-order valence-electron chi connectivity index (χ4n) is 3.00. The van der Waals surface area contributed by atoms with Crippen LogP contribution in [0, 0.1) is 5.92 Å². The molecule has 3 atom stereocenters. The molecule has 1 aliphatic heterocycles. The maximum absolute atomic E-state index is 12.7. The number of rotatable bonds is 8. The van der Waals surface area contributed by atoms with Crippen LogP contribution in [-0.2, 0) is 20.8 Å². The topological polar surface area (TPSA) is 100 Å². The van der Waals surface area contributed by atoms with Gasteiger partial charge in [-0.15, -0.1) is 0 Å². The SMILES string of the molecule is CC(C)C[C@H](NC(=O)OC(C)(C)C)[C@@H](O)[C@]1(C(=O)NCc2ccccc2)CO1. The molecule has 0 spiro atoms. The molecule has 2 amide bonds. The highest BCUT2D eigenvalue weighted by Crippen LogP contribution is 2.34. The van der Waals surface area contributed by atoms with Crippen molar-refractivity contribution < 1.29 is 24.2 Å². The van der Waals surface area contributed by atoms with Crippen LogP contribution in [0.25, 0.3) is 0 Å². The Balaban J connectivity index is 2.03. The molecule has 0 saturated carbocycles. The second-order valence-corrected chi connectivity index (χ2v) is 8.67. The van der Waals surface area contributed by atoms with Crippen molar-refractivity contribution in [3.8, 4) is 0 Å². The van der Waals surface area contributed by atoms with Gasteiger partial charge in [0.25, 0.3) is 5.91 Å². The Morgan fingerprint density at radius 3 is 2.36 bits per heavy atom. The molecule has 2 rings (SSSR count). The average molecular weight is 392 g/mol. The molecule has 0 unspecified atom stereocenters. The van der Waals surface area contributed by atoms with Gasteiger partial charge in [0.05, 0.1) is 12.6 Å². The Hall–Kier alpha value is -2.12. The Morgan fingerprint density at radius 2 is 1.86 bits per heavy atom. The van der Waals surface area contributed by atoms with Gasteiger partial charge in [0.2, 0.25) is 0 Å². The molecular weight excluding hydrogens is 360 g/mol. The van der Waals surface area contributed by atoms with E-state index in [9.17, 15) is 14.7 Å². The number of amides is 2. The monoisotopic (exact) mass is 392 g/mol. The van der Waals surface area contributed by atoms with Crippen molar-refractivity contribution in [3.05, 3.63) is 35.9 Å². The van der Waals surface area contributed by atoms with Crippen LogP contribution < -0.4 is 10.6 Å². The Bertz CT molecular complexity index is 665. The number of aliphatic hydroxyl groups excluding tert-OH is 1. The van der Waals surface area contributed by atoms with Crippen LogP contribution in [-0.4, -0.2) is 47.1 Å². The first-order chi connectivity index (χ1) is 13.0. The quantitative estimate of drug-likeness (QED) is 0.590. The van der Waals surface area contributed by atoms with E-state index in [0.717, 1.165) is 5.56 Å². The minimum atomic E-state index is -1.34. The summed E-state index contributed by atoms with van der Waals surface area (Å²) in [4.78, 5) is 24.9. The molecule has 7 heteroatoms. The number of alkyl carbamates (subject to hydrolysis) is 1. The zero-order valence-corrected chi connectivity index (χ0v) is 17.3. The number of ether oxygens (including phenoxy) is 2. The minimum Gasteiger partial charge on any atom is -0.444 e. The first-order valence-electron chi connectivity index (χ1n) is 9.67. The lowest BCUT2D eigenvalue weighted by Crippen LogP contribution is -2.56. The maximum Gasteiger partial charge on any atom is 0.407 e. The van der Waals surface area contributed by atoms with Gasteiger partial charge in [-0.2, -0.15) is 0 Å². The van der Waals surface area contributed by atoms with Crippen molar-refractivity contribution in [1.29, 1.82) is 0 Å². The summed E-state index contributed by atoms with van der Waals surface area (Å²) >= 11 is 0. The average Bonchev–Trinajstić information content (AvgIpc) is 3.39. The Morgan fingerprint density at radius 1 is 1.25 bits per heavy atom. The van der Waals surface area contributed by atoms with Gasteiger partial charge in [0, 0.05) is 6.54 Å². The van der Waals surface area contributed by atoms with Crippen molar-refractivity contribution in [2.75, 3.05) is 6.61 Å². The number of benzene rings is 1. The first-order valence-corrected chi connectivity index (χ1v) is 9.67. The van der Waals surface area contributed by atoms with E-state index in [0.29, 0.717) is 13.0 Å². The van der Waals surface area contributed by atoms with Crippen molar-refractivity contribution in [1.82, 2.24) is 10.6 Å². The number of carbonyl (C=O) groups excluding carboxylic acids is 2. The third kappa shape index (κ3) is 6.21. The maximum atomic E-state index is 12.7. The lowest BCUT2D eigenvalue weighted by atomic mass is 9.90. The normalized spacial score (nSPS) is 21.0. The fraction of sp³-hybridized carbons (Fsp3) is 0.619. The van der Waals surface area contributed by atoms with Crippen molar-refractivity contribution in [2.45, 2.75) is 70.9 Å². The van der Waals surface area contributed by atoms with Gasteiger partial charge >= 0.3 is 6.09 Å². The molecule has 1 saturated heterocycles. The zero-order chi connectivity index (χ0) is 20.9. The number of hydrogen-bond donors (Lipinski definition) is 3. The first kappa shape index (κ1) is 22.2. The molecule has 1 aliphatic rings. The Kier molecular flexibility index (Phi) is 7.06. The van der Waals surface area contributed by atoms with E-state index >= 15 is 0 Å². The summed E-state index contributed by atoms with van der Waals surface area (Å²) in [6.45, 7) is 9.71. The van der Waals surface area contributed by atoms with Crippen LogP contribution in [0.3, 0.4) is 0 Å². The largest absolute Gasteiger partial charge is 0.444 e. The lowest BCUT2D eigenvalue weighted by Gasteiger charge is -2.30. The third-order valence-corrected chi connectivity index (χ3v) is 4.42. The highest BCUT2D eigenvalue weighted by atomic mass is 16.6. The van der Waals surface area contributed by atoms with E-state index in [2.05, 4.69) is 10.6 Å². The summed E-state index contributed by atoms with van der Waals surface area (Å²) in [6.07, 6.45) is -1.33. The molecule has 28 heavy (non-hydrogen) atoms. The molecule has 1 fully saturated rings.